The highest BCUT2D eigenvalue weighted by Gasteiger charge is 2.43. The van der Waals surface area contributed by atoms with E-state index in [1.54, 1.807) is 12.1 Å². The Morgan fingerprint density at radius 3 is 2.40 bits per heavy atom. The van der Waals surface area contributed by atoms with Crippen molar-refractivity contribution in [2.24, 2.45) is 11.8 Å². The molecule has 0 spiro atoms. The number of benzene rings is 2. The molecule has 1 aliphatic carbocycles. The van der Waals surface area contributed by atoms with Crippen LogP contribution in [0.1, 0.15) is 25.7 Å². The fourth-order valence-corrected chi connectivity index (χ4v) is 3.59. The number of halogens is 3. The summed E-state index contributed by atoms with van der Waals surface area (Å²) in [4.78, 5) is 24.2. The van der Waals surface area contributed by atoms with E-state index >= 15 is 0 Å². The smallest absolute Gasteiger partial charge is 0.391 e. The van der Waals surface area contributed by atoms with Crippen LogP contribution < -0.4 is 15.6 Å². The van der Waals surface area contributed by atoms with Crippen LogP contribution in [0.15, 0.2) is 54.6 Å². The van der Waals surface area contributed by atoms with Crippen LogP contribution in [0.25, 0.3) is 11.1 Å². The van der Waals surface area contributed by atoms with E-state index in [1.807, 2.05) is 42.5 Å². The monoisotopic (exact) mass is 420 g/mol. The molecule has 0 radical (unpaired) electrons. The Morgan fingerprint density at radius 2 is 1.67 bits per heavy atom. The molecule has 0 saturated heterocycles. The van der Waals surface area contributed by atoms with Crippen LogP contribution in [0.4, 0.5) is 13.2 Å². The molecular weight excluding hydrogens is 397 g/mol. The van der Waals surface area contributed by atoms with Crippen LogP contribution in [0, 0.1) is 11.8 Å². The van der Waals surface area contributed by atoms with Crippen LogP contribution >= 0.6 is 0 Å². The molecule has 30 heavy (non-hydrogen) atoms. The van der Waals surface area contributed by atoms with Gasteiger partial charge in [-0.2, -0.15) is 13.2 Å². The lowest BCUT2D eigenvalue weighted by Crippen LogP contribution is -2.47. The molecule has 2 aromatic rings. The minimum absolute atomic E-state index is 0.0360. The molecule has 0 aromatic heterocycles. The van der Waals surface area contributed by atoms with Crippen molar-refractivity contribution >= 4 is 11.8 Å². The topological polar surface area (TPSA) is 67.4 Å². The number of hydrazine groups is 1. The number of carbonyl (C=O) groups excluding carboxylic acids is 2. The highest BCUT2D eigenvalue weighted by molar-refractivity contribution is 5.84. The number of alkyl halides is 3. The van der Waals surface area contributed by atoms with Gasteiger partial charge in [0.2, 0.25) is 5.91 Å². The van der Waals surface area contributed by atoms with Crippen molar-refractivity contribution in [3.63, 3.8) is 0 Å². The maximum Gasteiger partial charge on any atom is 0.391 e. The van der Waals surface area contributed by atoms with Crippen LogP contribution in [-0.4, -0.2) is 24.6 Å². The Labute approximate surface area is 172 Å². The van der Waals surface area contributed by atoms with E-state index in [1.165, 1.54) is 0 Å². The van der Waals surface area contributed by atoms with Gasteiger partial charge in [-0.15, -0.1) is 0 Å². The third kappa shape index (κ3) is 5.75. The Balaban J connectivity index is 1.50. The number of rotatable bonds is 5. The zero-order chi connectivity index (χ0) is 21.6. The fourth-order valence-electron chi connectivity index (χ4n) is 3.59. The average Bonchev–Trinajstić information content (AvgIpc) is 2.76. The summed E-state index contributed by atoms with van der Waals surface area (Å²) in [6, 6.07) is 16.7. The molecule has 2 amide bonds. The second kappa shape index (κ2) is 9.65. The maximum atomic E-state index is 12.9. The highest BCUT2D eigenvalue weighted by Crippen LogP contribution is 2.39. The fraction of sp³-hybridized carbons (Fsp3) is 0.364. The number of carbonyl (C=O) groups is 2. The molecule has 160 valence electrons. The van der Waals surface area contributed by atoms with Gasteiger partial charge in [-0.25, -0.2) is 0 Å². The average molecular weight is 420 g/mol. The largest absolute Gasteiger partial charge is 0.483 e. The molecule has 2 atom stereocenters. The predicted octanol–water partition coefficient (Wildman–Crippen LogP) is 4.25. The van der Waals surface area contributed by atoms with E-state index in [-0.39, 0.29) is 19.4 Å². The standard InChI is InChI=1S/C22H23F3N2O3/c23-22(24,25)17-10-6-9-16(13-17)21(29)27-26-20(28)14-30-19-12-5-4-11-18(19)15-7-2-1-3-8-15/h1-5,7-8,11-12,16-17H,6,9-10,13-14H2,(H,26,28)(H,27,29)/t16-,17+/m1/s1. The molecule has 0 heterocycles. The number of ether oxygens (including phenoxy) is 1. The lowest BCUT2D eigenvalue weighted by atomic mass is 9.80. The first-order chi connectivity index (χ1) is 14.3. The minimum atomic E-state index is -4.30. The van der Waals surface area contributed by atoms with E-state index in [2.05, 4.69) is 10.9 Å². The summed E-state index contributed by atoms with van der Waals surface area (Å²) in [6.07, 6.45) is -3.83. The van der Waals surface area contributed by atoms with Crippen LogP contribution in [0.3, 0.4) is 0 Å². The first-order valence-electron chi connectivity index (χ1n) is 9.77. The quantitative estimate of drug-likeness (QED) is 0.711. The Morgan fingerprint density at radius 1 is 0.967 bits per heavy atom. The molecule has 2 N–H and O–H groups in total. The number of amides is 2. The first-order valence-corrected chi connectivity index (χ1v) is 9.77. The summed E-state index contributed by atoms with van der Waals surface area (Å²) in [7, 11) is 0. The highest BCUT2D eigenvalue weighted by atomic mass is 19.4. The van der Waals surface area contributed by atoms with E-state index in [9.17, 15) is 22.8 Å². The van der Waals surface area contributed by atoms with E-state index in [0.29, 0.717) is 18.6 Å². The maximum absolute atomic E-state index is 12.9. The van der Waals surface area contributed by atoms with Crippen LogP contribution in [0.2, 0.25) is 0 Å². The summed E-state index contributed by atoms with van der Waals surface area (Å²) >= 11 is 0. The molecule has 0 aliphatic heterocycles. The number of hydrogen-bond donors (Lipinski definition) is 2. The van der Waals surface area contributed by atoms with Crippen molar-refractivity contribution in [3.8, 4) is 16.9 Å². The molecule has 1 saturated carbocycles. The SMILES string of the molecule is O=C(COc1ccccc1-c1ccccc1)NNC(=O)[C@@H]1CCC[C@H](C(F)(F)F)C1. The lowest BCUT2D eigenvalue weighted by molar-refractivity contribution is -0.186. The van der Waals surface area contributed by atoms with Gasteiger partial charge in [-0.3, -0.25) is 20.4 Å². The van der Waals surface area contributed by atoms with Crippen molar-refractivity contribution in [1.29, 1.82) is 0 Å². The number of para-hydroxylation sites is 1. The Hall–Kier alpha value is -3.03. The summed E-state index contributed by atoms with van der Waals surface area (Å²) in [5.41, 5.74) is 6.18. The summed E-state index contributed by atoms with van der Waals surface area (Å²) in [5.74, 6) is -2.96. The van der Waals surface area contributed by atoms with Gasteiger partial charge < -0.3 is 4.74 Å². The van der Waals surface area contributed by atoms with Crippen molar-refractivity contribution in [1.82, 2.24) is 10.9 Å². The van der Waals surface area contributed by atoms with E-state index in [4.69, 9.17) is 4.74 Å². The predicted molar refractivity (Wildman–Crippen MR) is 105 cm³/mol. The second-order valence-electron chi connectivity index (χ2n) is 7.29. The lowest BCUT2D eigenvalue weighted by Gasteiger charge is -2.29. The molecular formula is C22H23F3N2O3. The summed E-state index contributed by atoms with van der Waals surface area (Å²) in [6.45, 7) is -0.347. The number of nitrogens with one attached hydrogen (secondary N) is 2. The van der Waals surface area contributed by atoms with Gasteiger partial charge >= 0.3 is 6.18 Å². The molecule has 5 nitrogen and oxygen atoms in total. The van der Waals surface area contributed by atoms with Gasteiger partial charge in [0.1, 0.15) is 5.75 Å². The van der Waals surface area contributed by atoms with Gasteiger partial charge in [0.25, 0.3) is 5.91 Å². The molecule has 0 unspecified atom stereocenters. The van der Waals surface area contributed by atoms with Gasteiger partial charge in [-0.1, -0.05) is 55.0 Å². The third-order valence-corrected chi connectivity index (χ3v) is 5.16. The van der Waals surface area contributed by atoms with E-state index < -0.39 is 29.8 Å². The summed E-state index contributed by atoms with van der Waals surface area (Å²) in [5, 5.41) is 0. The van der Waals surface area contributed by atoms with Crippen molar-refractivity contribution in [2.45, 2.75) is 31.9 Å². The zero-order valence-corrected chi connectivity index (χ0v) is 16.2. The van der Waals surface area contributed by atoms with Crippen molar-refractivity contribution < 1.29 is 27.5 Å². The van der Waals surface area contributed by atoms with Crippen molar-refractivity contribution in [2.75, 3.05) is 6.61 Å². The molecule has 0 bridgehead atoms. The third-order valence-electron chi connectivity index (χ3n) is 5.16. The normalized spacial score (nSPS) is 19.0. The molecule has 1 fully saturated rings. The first kappa shape index (κ1) is 21.7. The Kier molecular flexibility index (Phi) is 6.97. The van der Waals surface area contributed by atoms with Crippen LogP contribution in [-0.2, 0) is 9.59 Å². The van der Waals surface area contributed by atoms with Gasteiger partial charge in [0.15, 0.2) is 6.61 Å². The van der Waals surface area contributed by atoms with Gasteiger partial charge in [-0.05, 0) is 30.9 Å². The zero-order valence-electron chi connectivity index (χ0n) is 16.2. The van der Waals surface area contributed by atoms with Gasteiger partial charge in [0, 0.05) is 11.5 Å². The summed E-state index contributed by atoms with van der Waals surface area (Å²) < 4.78 is 44.3. The van der Waals surface area contributed by atoms with Crippen LogP contribution in [0.5, 0.6) is 5.75 Å². The molecule has 3 rings (SSSR count). The van der Waals surface area contributed by atoms with E-state index in [0.717, 1.165) is 11.1 Å². The van der Waals surface area contributed by atoms with Gasteiger partial charge in [0.05, 0.1) is 5.92 Å². The van der Waals surface area contributed by atoms with Crippen molar-refractivity contribution in [3.05, 3.63) is 54.6 Å². The molecule has 2 aromatic carbocycles. The number of hydrogen-bond acceptors (Lipinski definition) is 3. The molecule has 1 aliphatic rings. The second-order valence-corrected chi connectivity index (χ2v) is 7.29. The molecule has 8 heteroatoms. The minimum Gasteiger partial charge on any atom is -0.483 e. The Bertz CT molecular complexity index is 871.